The van der Waals surface area contributed by atoms with E-state index in [0.717, 1.165) is 13.0 Å². The number of allylic oxidation sites excluding steroid dienone is 5. The van der Waals surface area contributed by atoms with Gasteiger partial charge < -0.3 is 14.5 Å². The summed E-state index contributed by atoms with van der Waals surface area (Å²) in [5.74, 6) is 0.357. The number of dihydropyridines is 1. The average molecular weight is 728 g/mol. The molecule has 0 amide bonds. The van der Waals surface area contributed by atoms with Crippen LogP contribution in [-0.2, 0) is 5.41 Å². The first-order valence-electron chi connectivity index (χ1n) is 20.2. The van der Waals surface area contributed by atoms with Crippen LogP contribution < -0.4 is 5.32 Å². The van der Waals surface area contributed by atoms with E-state index in [1.165, 1.54) is 105 Å². The summed E-state index contributed by atoms with van der Waals surface area (Å²) in [6.45, 7) is 0.874. The van der Waals surface area contributed by atoms with Crippen LogP contribution in [0.15, 0.2) is 205 Å². The number of nitrogens with one attached hydrogen (secondary N) is 1. The fourth-order valence-electron chi connectivity index (χ4n) is 11.2. The molecule has 2 aromatic heterocycles. The van der Waals surface area contributed by atoms with Crippen LogP contribution in [0.1, 0.15) is 17.5 Å². The Balaban J connectivity index is 0.957. The molecule has 0 bridgehead atoms. The lowest BCUT2D eigenvalue weighted by atomic mass is 9.64. The molecular formula is C54H37N3. The van der Waals surface area contributed by atoms with E-state index < -0.39 is 0 Å². The largest absolute Gasteiger partial charge is 0.387 e. The molecule has 3 heteroatoms. The van der Waals surface area contributed by atoms with E-state index in [0.29, 0.717) is 5.92 Å². The molecule has 268 valence electrons. The second-order valence-electron chi connectivity index (χ2n) is 16.0. The van der Waals surface area contributed by atoms with Gasteiger partial charge in [0.1, 0.15) is 0 Å². The van der Waals surface area contributed by atoms with Gasteiger partial charge in [-0.15, -0.1) is 0 Å². The first-order chi connectivity index (χ1) is 28.3. The van der Waals surface area contributed by atoms with Crippen molar-refractivity contribution in [3.63, 3.8) is 0 Å². The SMILES string of the molecule is C1=CCC2C(=C1)C1=C(C=CNC1)C21c2ccccc2-c2cc3c4ccccc4n(-c4ccc(-c5ccc(-n6c7ccccc7c7ccccc76)cc5)cc4)c3cc21. The Hall–Kier alpha value is -7.10. The maximum absolute atomic E-state index is 3.55. The molecule has 4 aliphatic rings. The van der Waals surface area contributed by atoms with Crippen molar-refractivity contribution in [1.82, 2.24) is 14.5 Å². The predicted molar refractivity (Wildman–Crippen MR) is 236 cm³/mol. The van der Waals surface area contributed by atoms with Gasteiger partial charge in [-0.25, -0.2) is 0 Å². The summed E-state index contributed by atoms with van der Waals surface area (Å²) in [5, 5.41) is 8.70. The van der Waals surface area contributed by atoms with Crippen LogP contribution >= 0.6 is 0 Å². The third kappa shape index (κ3) is 4.05. The molecule has 13 rings (SSSR count). The average Bonchev–Trinajstić information content (AvgIpc) is 3.98. The van der Waals surface area contributed by atoms with Crippen LogP contribution in [0.3, 0.4) is 0 Å². The fourth-order valence-corrected chi connectivity index (χ4v) is 11.2. The van der Waals surface area contributed by atoms with E-state index in [9.17, 15) is 0 Å². The molecule has 0 saturated carbocycles. The van der Waals surface area contributed by atoms with E-state index in [-0.39, 0.29) is 5.41 Å². The van der Waals surface area contributed by atoms with Crippen molar-refractivity contribution in [2.24, 2.45) is 5.92 Å². The molecule has 1 aliphatic heterocycles. The minimum absolute atomic E-state index is 0.235. The van der Waals surface area contributed by atoms with Crippen LogP contribution in [0.5, 0.6) is 0 Å². The van der Waals surface area contributed by atoms with Gasteiger partial charge in [-0.3, -0.25) is 0 Å². The number of fused-ring (bicyclic) bond motifs is 15. The van der Waals surface area contributed by atoms with Crippen LogP contribution in [-0.4, -0.2) is 15.7 Å². The Labute approximate surface area is 330 Å². The lowest BCUT2D eigenvalue weighted by Gasteiger charge is -2.37. The first-order valence-corrected chi connectivity index (χ1v) is 20.2. The molecular weight excluding hydrogens is 691 g/mol. The van der Waals surface area contributed by atoms with E-state index in [1.807, 2.05) is 0 Å². The second-order valence-corrected chi connectivity index (χ2v) is 16.0. The van der Waals surface area contributed by atoms with Crippen LogP contribution in [0.4, 0.5) is 0 Å². The highest BCUT2D eigenvalue weighted by atomic mass is 15.0. The Kier molecular flexibility index (Phi) is 6.27. The summed E-state index contributed by atoms with van der Waals surface area (Å²) in [6.07, 6.45) is 12.6. The van der Waals surface area contributed by atoms with Crippen molar-refractivity contribution in [1.29, 1.82) is 0 Å². The second kappa shape index (κ2) is 11.5. The molecule has 2 atom stereocenters. The van der Waals surface area contributed by atoms with Gasteiger partial charge in [0.25, 0.3) is 0 Å². The van der Waals surface area contributed by atoms with Gasteiger partial charge in [0.2, 0.25) is 0 Å². The van der Waals surface area contributed by atoms with Gasteiger partial charge in [-0.2, -0.15) is 0 Å². The van der Waals surface area contributed by atoms with Gasteiger partial charge >= 0.3 is 0 Å². The van der Waals surface area contributed by atoms with Crippen LogP contribution in [0.25, 0.3) is 77.2 Å². The summed E-state index contributed by atoms with van der Waals surface area (Å²) in [7, 11) is 0. The minimum Gasteiger partial charge on any atom is -0.387 e. The predicted octanol–water partition coefficient (Wildman–Crippen LogP) is 12.7. The van der Waals surface area contributed by atoms with Crippen molar-refractivity contribution in [3.05, 3.63) is 216 Å². The van der Waals surface area contributed by atoms with E-state index in [2.05, 4.69) is 203 Å². The molecule has 7 aromatic carbocycles. The third-order valence-electron chi connectivity index (χ3n) is 13.5. The number of nitrogens with zero attached hydrogens (tertiary/aromatic N) is 2. The topological polar surface area (TPSA) is 21.9 Å². The molecule has 3 heterocycles. The summed E-state index contributed by atoms with van der Waals surface area (Å²) in [4.78, 5) is 0. The molecule has 0 fully saturated rings. The number of hydrogen-bond donors (Lipinski definition) is 1. The molecule has 0 radical (unpaired) electrons. The molecule has 0 saturated heterocycles. The van der Waals surface area contributed by atoms with Gasteiger partial charge in [0, 0.05) is 45.4 Å². The lowest BCUT2D eigenvalue weighted by Crippen LogP contribution is -2.34. The number of hydrogen-bond acceptors (Lipinski definition) is 1. The van der Waals surface area contributed by atoms with Crippen molar-refractivity contribution in [2.45, 2.75) is 11.8 Å². The van der Waals surface area contributed by atoms with Crippen molar-refractivity contribution < 1.29 is 0 Å². The molecule has 1 N–H and O–H groups in total. The first kappa shape index (κ1) is 31.1. The van der Waals surface area contributed by atoms with Crippen molar-refractivity contribution >= 4 is 43.6 Å². The number of rotatable bonds is 3. The van der Waals surface area contributed by atoms with E-state index >= 15 is 0 Å². The molecule has 57 heavy (non-hydrogen) atoms. The van der Waals surface area contributed by atoms with Crippen LogP contribution in [0, 0.1) is 5.92 Å². The van der Waals surface area contributed by atoms with Gasteiger partial charge in [0.05, 0.1) is 27.5 Å². The monoisotopic (exact) mass is 727 g/mol. The lowest BCUT2D eigenvalue weighted by molar-refractivity contribution is 0.464. The van der Waals surface area contributed by atoms with E-state index in [1.54, 1.807) is 0 Å². The Bertz CT molecular complexity index is 3250. The summed E-state index contributed by atoms with van der Waals surface area (Å²) in [6, 6.07) is 58.8. The zero-order valence-electron chi connectivity index (χ0n) is 31.3. The quantitative estimate of drug-likeness (QED) is 0.192. The van der Waals surface area contributed by atoms with Gasteiger partial charge in [0.15, 0.2) is 0 Å². The summed E-state index contributed by atoms with van der Waals surface area (Å²) < 4.78 is 4.88. The highest BCUT2D eigenvalue weighted by Gasteiger charge is 2.57. The molecule has 1 spiro atoms. The highest BCUT2D eigenvalue weighted by Crippen LogP contribution is 2.65. The highest BCUT2D eigenvalue weighted by molar-refractivity contribution is 6.12. The number of aromatic nitrogens is 2. The van der Waals surface area contributed by atoms with Gasteiger partial charge in [-0.1, -0.05) is 121 Å². The zero-order valence-corrected chi connectivity index (χ0v) is 31.3. The maximum atomic E-state index is 3.55. The normalized spacial score (nSPS) is 19.0. The molecule has 2 unspecified atom stereocenters. The Morgan fingerprint density at radius 3 is 1.77 bits per heavy atom. The minimum atomic E-state index is -0.235. The smallest absolute Gasteiger partial charge is 0.0544 e. The van der Waals surface area contributed by atoms with Gasteiger partial charge in [-0.05, 0) is 123 Å². The van der Waals surface area contributed by atoms with Crippen molar-refractivity contribution in [3.8, 4) is 33.6 Å². The summed E-state index contributed by atoms with van der Waals surface area (Å²) in [5.41, 5.74) is 19.5. The standard InChI is InChI=1S/C54H37N3/c1-6-16-46-38(11-1)43-31-44-42-15-5-10-20-52(42)57(53(44)32-49(43)54(46)47-17-7-2-12-39(47)45-33-55-30-29-48(45)54)37-27-23-35(24-28-37)34-21-25-36(26-22-34)56-50-18-8-3-13-40(50)41-14-4-9-19-51(41)56/h1-16,18-32,47,55H,17,33H2. The Morgan fingerprint density at radius 2 is 1.11 bits per heavy atom. The Morgan fingerprint density at radius 1 is 0.526 bits per heavy atom. The summed E-state index contributed by atoms with van der Waals surface area (Å²) >= 11 is 0. The molecule has 3 aliphatic carbocycles. The number of benzene rings is 7. The molecule has 9 aromatic rings. The number of para-hydroxylation sites is 3. The molecule has 3 nitrogen and oxygen atoms in total. The third-order valence-corrected chi connectivity index (χ3v) is 13.5. The maximum Gasteiger partial charge on any atom is 0.0544 e. The zero-order chi connectivity index (χ0) is 37.2. The van der Waals surface area contributed by atoms with E-state index in [4.69, 9.17) is 0 Å². The van der Waals surface area contributed by atoms with Crippen molar-refractivity contribution in [2.75, 3.05) is 6.54 Å². The van der Waals surface area contributed by atoms with Crippen LogP contribution in [0.2, 0.25) is 0 Å². The fraction of sp³-hybridized carbons (Fsp3) is 0.0741.